The van der Waals surface area contributed by atoms with E-state index in [1.165, 1.54) is 0 Å². The molecule has 2 N–H and O–H groups in total. The van der Waals surface area contributed by atoms with Crippen molar-refractivity contribution in [3.63, 3.8) is 0 Å². The Labute approximate surface area is 170 Å². The molecule has 29 heavy (non-hydrogen) atoms. The molecule has 1 aromatic heterocycles. The molecule has 6 nitrogen and oxygen atoms in total. The summed E-state index contributed by atoms with van der Waals surface area (Å²) in [5.41, 5.74) is 2.26. The lowest BCUT2D eigenvalue weighted by molar-refractivity contribution is -0.120. The predicted octanol–water partition coefficient (Wildman–Crippen LogP) is 5.17. The highest BCUT2D eigenvalue weighted by Gasteiger charge is 2.19. The van der Waals surface area contributed by atoms with Crippen molar-refractivity contribution in [1.29, 1.82) is 5.26 Å². The molecular formula is C23H26N4O2. The van der Waals surface area contributed by atoms with Gasteiger partial charge in [-0.3, -0.25) is 9.89 Å². The summed E-state index contributed by atoms with van der Waals surface area (Å²) in [5, 5.41) is 20.2. The number of ether oxygens (including phenoxy) is 1. The molecular weight excluding hydrogens is 364 g/mol. The van der Waals surface area contributed by atoms with Gasteiger partial charge in [0.25, 0.3) is 0 Å². The second kappa shape index (κ2) is 9.74. The van der Waals surface area contributed by atoms with Crippen LogP contribution in [0.1, 0.15) is 50.7 Å². The van der Waals surface area contributed by atoms with Gasteiger partial charge in [-0.05, 0) is 37.1 Å². The second-order valence-electron chi connectivity index (χ2n) is 7.10. The van der Waals surface area contributed by atoms with Crippen LogP contribution >= 0.6 is 0 Å². The van der Waals surface area contributed by atoms with Gasteiger partial charge in [0.1, 0.15) is 12.4 Å². The summed E-state index contributed by atoms with van der Waals surface area (Å²) < 4.78 is 5.89. The number of nitrogens with zero attached hydrogens (tertiary/aromatic N) is 2. The number of rotatable bonds is 9. The number of fused-ring (bicyclic) bond motifs is 1. The minimum absolute atomic E-state index is 0.00124. The van der Waals surface area contributed by atoms with E-state index in [4.69, 9.17) is 4.74 Å². The van der Waals surface area contributed by atoms with Crippen molar-refractivity contribution < 1.29 is 9.53 Å². The number of amides is 1. The van der Waals surface area contributed by atoms with Crippen LogP contribution in [0, 0.1) is 17.2 Å². The van der Waals surface area contributed by atoms with Crippen LogP contribution in [0.2, 0.25) is 0 Å². The summed E-state index contributed by atoms with van der Waals surface area (Å²) in [4.78, 5) is 12.7. The fraction of sp³-hybridized carbons (Fsp3) is 0.348. The van der Waals surface area contributed by atoms with Gasteiger partial charge in [-0.15, -0.1) is 0 Å². The maximum absolute atomic E-state index is 12.7. The Bertz CT molecular complexity index is 1010. The first-order valence-electron chi connectivity index (χ1n) is 10.1. The number of aromatic amines is 1. The molecule has 0 fully saturated rings. The lowest BCUT2D eigenvalue weighted by Gasteiger charge is -2.14. The molecule has 0 aliphatic heterocycles. The van der Waals surface area contributed by atoms with Gasteiger partial charge in [-0.2, -0.15) is 10.4 Å². The average Bonchev–Trinajstić information content (AvgIpc) is 3.14. The molecule has 3 aromatic rings. The minimum atomic E-state index is -0.00124. The van der Waals surface area contributed by atoms with Crippen LogP contribution in [0.4, 0.5) is 5.82 Å². The quantitative estimate of drug-likeness (QED) is 0.527. The first-order chi connectivity index (χ1) is 14.2. The van der Waals surface area contributed by atoms with Crippen LogP contribution in [0.15, 0.2) is 42.5 Å². The summed E-state index contributed by atoms with van der Waals surface area (Å²) in [5.74, 6) is 1.18. The monoisotopic (exact) mass is 390 g/mol. The third-order valence-electron chi connectivity index (χ3n) is 4.95. The maximum Gasteiger partial charge on any atom is 0.228 e. The Hall–Kier alpha value is -3.33. The van der Waals surface area contributed by atoms with E-state index in [1.807, 2.05) is 36.4 Å². The zero-order valence-corrected chi connectivity index (χ0v) is 16.9. The molecule has 150 valence electrons. The summed E-state index contributed by atoms with van der Waals surface area (Å²) in [7, 11) is 0. The first-order valence-corrected chi connectivity index (χ1v) is 10.1. The molecule has 0 aliphatic carbocycles. The van der Waals surface area contributed by atoms with Crippen LogP contribution in [-0.2, 0) is 11.4 Å². The van der Waals surface area contributed by atoms with Crippen molar-refractivity contribution >= 4 is 22.6 Å². The van der Waals surface area contributed by atoms with Crippen LogP contribution in [-0.4, -0.2) is 16.1 Å². The number of carbonyl (C=O) groups is 1. The van der Waals surface area contributed by atoms with Crippen molar-refractivity contribution in [2.75, 3.05) is 5.32 Å². The highest BCUT2D eigenvalue weighted by atomic mass is 16.5. The molecule has 3 rings (SSSR count). The number of hydrogen-bond acceptors (Lipinski definition) is 4. The molecule has 0 saturated heterocycles. The number of benzene rings is 2. The third kappa shape index (κ3) is 4.94. The molecule has 0 aliphatic rings. The molecule has 2 aromatic carbocycles. The lowest BCUT2D eigenvalue weighted by Crippen LogP contribution is -2.23. The highest BCUT2D eigenvalue weighted by Crippen LogP contribution is 2.27. The Balaban J connectivity index is 1.76. The number of H-pyrrole nitrogens is 1. The van der Waals surface area contributed by atoms with E-state index in [0.29, 0.717) is 23.7 Å². The summed E-state index contributed by atoms with van der Waals surface area (Å²) in [6, 6.07) is 15.1. The van der Waals surface area contributed by atoms with Gasteiger partial charge in [-0.25, -0.2) is 0 Å². The van der Waals surface area contributed by atoms with Crippen molar-refractivity contribution in [2.45, 2.75) is 46.1 Å². The van der Waals surface area contributed by atoms with Crippen molar-refractivity contribution in [3.05, 3.63) is 53.6 Å². The number of hydrogen-bond donors (Lipinski definition) is 2. The SMILES string of the molecule is CCCC(CCC)C(=O)Nc1n[nH]c2ccc(OCc3ccccc3C#N)cc12. The molecule has 0 atom stereocenters. The van der Waals surface area contributed by atoms with E-state index in [-0.39, 0.29) is 11.8 Å². The van der Waals surface area contributed by atoms with Crippen LogP contribution in [0.3, 0.4) is 0 Å². The molecule has 0 unspecified atom stereocenters. The highest BCUT2D eigenvalue weighted by molar-refractivity contribution is 6.00. The molecule has 0 bridgehead atoms. The zero-order chi connectivity index (χ0) is 20.6. The Kier molecular flexibility index (Phi) is 6.85. The second-order valence-corrected chi connectivity index (χ2v) is 7.10. The van der Waals surface area contributed by atoms with Gasteiger partial charge < -0.3 is 10.1 Å². The molecule has 1 heterocycles. The van der Waals surface area contributed by atoms with Crippen LogP contribution < -0.4 is 10.1 Å². The van der Waals surface area contributed by atoms with Crippen LogP contribution in [0.25, 0.3) is 10.9 Å². The van der Waals surface area contributed by atoms with Gasteiger partial charge in [0.2, 0.25) is 5.91 Å². The van der Waals surface area contributed by atoms with Gasteiger partial charge >= 0.3 is 0 Å². The van der Waals surface area contributed by atoms with E-state index in [2.05, 4.69) is 35.4 Å². The minimum Gasteiger partial charge on any atom is -0.489 e. The topological polar surface area (TPSA) is 90.8 Å². The van der Waals surface area contributed by atoms with Gasteiger partial charge in [0, 0.05) is 16.9 Å². The van der Waals surface area contributed by atoms with Crippen molar-refractivity contribution in [1.82, 2.24) is 10.2 Å². The fourth-order valence-corrected chi connectivity index (χ4v) is 3.42. The first kappa shape index (κ1) is 20.4. The normalized spacial score (nSPS) is 10.8. The van der Waals surface area contributed by atoms with E-state index in [0.717, 1.165) is 42.1 Å². The molecule has 6 heteroatoms. The summed E-state index contributed by atoms with van der Waals surface area (Å²) in [6.07, 6.45) is 3.69. The zero-order valence-electron chi connectivity index (χ0n) is 16.9. The Morgan fingerprint density at radius 2 is 1.97 bits per heavy atom. The number of anilines is 1. The average molecular weight is 390 g/mol. The van der Waals surface area contributed by atoms with E-state index in [9.17, 15) is 10.1 Å². The van der Waals surface area contributed by atoms with Gasteiger partial charge in [-0.1, -0.05) is 44.9 Å². The standard InChI is InChI=1S/C23H26N4O2/c1-3-7-16(8-4-2)23(28)25-22-20-13-19(11-12-21(20)26-27-22)29-15-18-10-6-5-9-17(18)14-24/h5-6,9-13,16H,3-4,7-8,15H2,1-2H3,(H2,25,26,27,28). The fourth-order valence-electron chi connectivity index (χ4n) is 3.42. The van der Waals surface area contributed by atoms with Gasteiger partial charge in [0.05, 0.1) is 17.1 Å². The Morgan fingerprint density at radius 1 is 1.21 bits per heavy atom. The van der Waals surface area contributed by atoms with Gasteiger partial charge in [0.15, 0.2) is 5.82 Å². The molecule has 0 radical (unpaired) electrons. The lowest BCUT2D eigenvalue weighted by atomic mass is 9.97. The Morgan fingerprint density at radius 3 is 2.69 bits per heavy atom. The summed E-state index contributed by atoms with van der Waals surface area (Å²) in [6.45, 7) is 4.48. The van der Waals surface area contributed by atoms with Crippen molar-refractivity contribution in [2.24, 2.45) is 5.92 Å². The molecule has 1 amide bonds. The number of aromatic nitrogens is 2. The largest absolute Gasteiger partial charge is 0.489 e. The van der Waals surface area contributed by atoms with E-state index >= 15 is 0 Å². The van der Waals surface area contributed by atoms with E-state index in [1.54, 1.807) is 6.07 Å². The maximum atomic E-state index is 12.7. The molecule has 0 spiro atoms. The predicted molar refractivity (Wildman–Crippen MR) is 114 cm³/mol. The smallest absolute Gasteiger partial charge is 0.228 e. The number of nitriles is 1. The van der Waals surface area contributed by atoms with Crippen molar-refractivity contribution in [3.8, 4) is 11.8 Å². The molecule has 0 saturated carbocycles. The number of carbonyl (C=O) groups excluding carboxylic acids is 1. The number of nitrogens with one attached hydrogen (secondary N) is 2. The third-order valence-corrected chi connectivity index (χ3v) is 4.95. The summed E-state index contributed by atoms with van der Waals surface area (Å²) >= 11 is 0. The van der Waals surface area contributed by atoms with Crippen LogP contribution in [0.5, 0.6) is 5.75 Å². The van der Waals surface area contributed by atoms with E-state index < -0.39 is 0 Å².